The van der Waals surface area contributed by atoms with Crippen molar-refractivity contribution in [2.75, 3.05) is 12.3 Å². The molecule has 1 aromatic heterocycles. The standard InChI is InChI=1S/C15H17ClN2O2/c1-9-5-11(13-7-14(17)20-18-13)15(12(16)6-9)19-8-10-3-2-4-10/h5-7,10H,2-4,8,17H2,1H3. The van der Waals surface area contributed by atoms with E-state index < -0.39 is 0 Å². The van der Waals surface area contributed by atoms with E-state index in [4.69, 9.17) is 26.6 Å². The van der Waals surface area contributed by atoms with Crippen LogP contribution < -0.4 is 10.5 Å². The molecule has 0 radical (unpaired) electrons. The summed E-state index contributed by atoms with van der Waals surface area (Å²) in [5.74, 6) is 1.59. The molecule has 1 fully saturated rings. The Hall–Kier alpha value is -1.68. The normalized spacial score (nSPS) is 15.1. The second-order valence-corrected chi connectivity index (χ2v) is 5.75. The van der Waals surface area contributed by atoms with E-state index in [1.807, 2.05) is 19.1 Å². The van der Waals surface area contributed by atoms with Crippen LogP contribution in [0.3, 0.4) is 0 Å². The Morgan fingerprint density at radius 2 is 2.20 bits per heavy atom. The first-order chi connectivity index (χ1) is 9.63. The number of nitrogens with zero attached hydrogens (tertiary/aromatic N) is 1. The zero-order valence-corrected chi connectivity index (χ0v) is 12.1. The van der Waals surface area contributed by atoms with Crippen molar-refractivity contribution in [3.05, 3.63) is 28.8 Å². The lowest BCUT2D eigenvalue weighted by atomic mass is 9.86. The summed E-state index contributed by atoms with van der Waals surface area (Å²) in [6, 6.07) is 5.56. The number of anilines is 1. The zero-order valence-electron chi connectivity index (χ0n) is 11.4. The number of halogens is 1. The quantitative estimate of drug-likeness (QED) is 0.923. The number of nitrogens with two attached hydrogens (primary N) is 1. The van der Waals surface area contributed by atoms with Crippen LogP contribution in [0.1, 0.15) is 24.8 Å². The van der Waals surface area contributed by atoms with Crippen LogP contribution in [-0.4, -0.2) is 11.8 Å². The summed E-state index contributed by atoms with van der Waals surface area (Å²) in [6.45, 7) is 2.68. The van der Waals surface area contributed by atoms with E-state index >= 15 is 0 Å². The van der Waals surface area contributed by atoms with Gasteiger partial charge in [-0.25, -0.2) is 0 Å². The highest BCUT2D eigenvalue weighted by Gasteiger charge is 2.21. The molecule has 0 spiro atoms. The summed E-state index contributed by atoms with van der Waals surface area (Å²) in [4.78, 5) is 0. The van der Waals surface area contributed by atoms with Crippen molar-refractivity contribution in [1.29, 1.82) is 0 Å². The average molecular weight is 293 g/mol. The van der Waals surface area contributed by atoms with Gasteiger partial charge in [0.2, 0.25) is 5.88 Å². The van der Waals surface area contributed by atoms with E-state index in [9.17, 15) is 0 Å². The fraction of sp³-hybridized carbons (Fsp3) is 0.400. The molecule has 0 bridgehead atoms. The largest absolute Gasteiger partial charge is 0.491 e. The molecule has 0 unspecified atom stereocenters. The second-order valence-electron chi connectivity index (χ2n) is 5.35. The van der Waals surface area contributed by atoms with Crippen LogP contribution in [-0.2, 0) is 0 Å². The maximum absolute atomic E-state index is 6.32. The van der Waals surface area contributed by atoms with Gasteiger partial charge in [-0.15, -0.1) is 0 Å². The lowest BCUT2D eigenvalue weighted by molar-refractivity contribution is 0.181. The van der Waals surface area contributed by atoms with E-state index in [-0.39, 0.29) is 5.88 Å². The summed E-state index contributed by atoms with van der Waals surface area (Å²) in [6.07, 6.45) is 3.76. The van der Waals surface area contributed by atoms with Crippen molar-refractivity contribution in [1.82, 2.24) is 5.16 Å². The lowest BCUT2D eigenvalue weighted by Gasteiger charge is -2.26. The predicted octanol–water partition coefficient (Wildman–Crippen LogP) is 4.06. The lowest BCUT2D eigenvalue weighted by Crippen LogP contribution is -2.19. The average Bonchev–Trinajstić information content (AvgIpc) is 2.75. The van der Waals surface area contributed by atoms with Crippen molar-refractivity contribution >= 4 is 17.5 Å². The maximum Gasteiger partial charge on any atom is 0.222 e. The number of rotatable bonds is 4. The van der Waals surface area contributed by atoms with Crippen LogP contribution in [0.25, 0.3) is 11.3 Å². The zero-order chi connectivity index (χ0) is 14.1. The van der Waals surface area contributed by atoms with Gasteiger partial charge in [0.15, 0.2) is 0 Å². The van der Waals surface area contributed by atoms with E-state index in [2.05, 4.69) is 5.16 Å². The van der Waals surface area contributed by atoms with Gasteiger partial charge in [-0.2, -0.15) is 0 Å². The SMILES string of the molecule is Cc1cc(Cl)c(OCC2CCC2)c(-c2cc(N)on2)c1. The smallest absolute Gasteiger partial charge is 0.222 e. The van der Waals surface area contributed by atoms with Crippen molar-refractivity contribution in [3.8, 4) is 17.0 Å². The third kappa shape index (κ3) is 2.61. The van der Waals surface area contributed by atoms with E-state index in [1.165, 1.54) is 19.3 Å². The monoisotopic (exact) mass is 292 g/mol. The Morgan fingerprint density at radius 3 is 2.80 bits per heavy atom. The van der Waals surface area contributed by atoms with Crippen LogP contribution in [0.4, 0.5) is 5.88 Å². The molecule has 1 aliphatic carbocycles. The molecule has 106 valence electrons. The predicted molar refractivity (Wildman–Crippen MR) is 78.9 cm³/mol. The van der Waals surface area contributed by atoms with Gasteiger partial charge in [0, 0.05) is 11.6 Å². The van der Waals surface area contributed by atoms with Gasteiger partial charge in [0.1, 0.15) is 11.4 Å². The first-order valence-electron chi connectivity index (χ1n) is 6.79. The number of ether oxygens (including phenoxy) is 1. The van der Waals surface area contributed by atoms with Crippen molar-refractivity contribution in [3.63, 3.8) is 0 Å². The molecule has 1 heterocycles. The van der Waals surface area contributed by atoms with E-state index in [0.717, 1.165) is 11.1 Å². The highest BCUT2D eigenvalue weighted by Crippen LogP contribution is 2.38. The molecular formula is C15H17ClN2O2. The van der Waals surface area contributed by atoms with Gasteiger partial charge in [-0.05, 0) is 43.4 Å². The molecule has 4 nitrogen and oxygen atoms in total. The number of hydrogen-bond donors (Lipinski definition) is 1. The molecule has 2 N–H and O–H groups in total. The van der Waals surface area contributed by atoms with Crippen LogP contribution >= 0.6 is 11.6 Å². The Morgan fingerprint density at radius 1 is 1.40 bits per heavy atom. The highest BCUT2D eigenvalue weighted by atomic mass is 35.5. The first-order valence-corrected chi connectivity index (χ1v) is 7.17. The maximum atomic E-state index is 6.32. The highest BCUT2D eigenvalue weighted by molar-refractivity contribution is 6.32. The molecule has 0 atom stereocenters. The fourth-order valence-corrected chi connectivity index (χ4v) is 2.67. The summed E-state index contributed by atoms with van der Waals surface area (Å²) in [5, 5.41) is 4.55. The van der Waals surface area contributed by atoms with Gasteiger partial charge in [-0.3, -0.25) is 0 Å². The molecular weight excluding hydrogens is 276 g/mol. The Bertz CT molecular complexity index is 620. The number of aryl methyl sites for hydroxylation is 1. The molecule has 20 heavy (non-hydrogen) atoms. The minimum atomic E-state index is 0.280. The van der Waals surface area contributed by atoms with Gasteiger partial charge in [0.05, 0.1) is 11.6 Å². The molecule has 5 heteroatoms. The molecule has 0 aliphatic heterocycles. The molecule has 2 aromatic rings. The van der Waals surface area contributed by atoms with Crippen LogP contribution in [0.5, 0.6) is 5.75 Å². The Balaban J connectivity index is 1.93. The summed E-state index contributed by atoms with van der Waals surface area (Å²) in [7, 11) is 0. The summed E-state index contributed by atoms with van der Waals surface area (Å²) < 4.78 is 10.9. The number of hydrogen-bond acceptors (Lipinski definition) is 4. The van der Waals surface area contributed by atoms with Gasteiger partial charge in [-0.1, -0.05) is 23.2 Å². The molecule has 1 aromatic carbocycles. The topological polar surface area (TPSA) is 61.3 Å². The Kier molecular flexibility index (Phi) is 3.57. The molecule has 1 saturated carbocycles. The van der Waals surface area contributed by atoms with Gasteiger partial charge >= 0.3 is 0 Å². The summed E-state index contributed by atoms with van der Waals surface area (Å²) >= 11 is 6.32. The van der Waals surface area contributed by atoms with Crippen molar-refractivity contribution < 1.29 is 9.26 Å². The van der Waals surface area contributed by atoms with E-state index in [1.54, 1.807) is 6.07 Å². The molecule has 3 rings (SSSR count). The van der Waals surface area contributed by atoms with Gasteiger partial charge < -0.3 is 15.0 Å². The van der Waals surface area contributed by atoms with Crippen LogP contribution in [0.15, 0.2) is 22.7 Å². The third-order valence-electron chi connectivity index (χ3n) is 3.68. The summed E-state index contributed by atoms with van der Waals surface area (Å²) in [5.41, 5.74) is 8.11. The first kappa shape index (κ1) is 13.3. The number of benzene rings is 1. The second kappa shape index (κ2) is 5.37. The van der Waals surface area contributed by atoms with Crippen LogP contribution in [0, 0.1) is 12.8 Å². The number of aromatic nitrogens is 1. The minimum Gasteiger partial charge on any atom is -0.491 e. The van der Waals surface area contributed by atoms with Gasteiger partial charge in [0.25, 0.3) is 0 Å². The molecule has 0 saturated heterocycles. The third-order valence-corrected chi connectivity index (χ3v) is 3.96. The van der Waals surface area contributed by atoms with Crippen LogP contribution in [0.2, 0.25) is 5.02 Å². The number of nitrogen functional groups attached to an aromatic ring is 1. The van der Waals surface area contributed by atoms with Crippen molar-refractivity contribution in [2.24, 2.45) is 5.92 Å². The molecule has 0 amide bonds. The minimum absolute atomic E-state index is 0.280. The fourth-order valence-electron chi connectivity index (χ4n) is 2.34. The van der Waals surface area contributed by atoms with Crippen molar-refractivity contribution in [2.45, 2.75) is 26.2 Å². The Labute approximate surface area is 122 Å². The molecule has 1 aliphatic rings. The van der Waals surface area contributed by atoms with E-state index in [0.29, 0.717) is 29.0 Å².